The monoisotopic (exact) mass is 207 g/mol. The molecule has 0 aromatic heterocycles. The van der Waals surface area contributed by atoms with Crippen LogP contribution in [0.4, 0.5) is 0 Å². The zero-order valence-corrected chi connectivity index (χ0v) is 10.3. The number of hydrogen-bond acceptors (Lipinski definition) is 1. The minimum absolute atomic E-state index is 0. The van der Waals surface area contributed by atoms with Crippen LogP contribution in [0.5, 0.6) is 0 Å². The highest BCUT2D eigenvalue weighted by molar-refractivity contribution is 5.85. The molecule has 0 atom stereocenters. The molecule has 0 aliphatic carbocycles. The number of halogens is 1. The lowest BCUT2D eigenvalue weighted by Gasteiger charge is -2.28. The fraction of sp³-hybridized carbons (Fsp3) is 1.00. The van der Waals surface area contributed by atoms with Crippen LogP contribution in [-0.2, 0) is 0 Å². The van der Waals surface area contributed by atoms with Crippen molar-refractivity contribution in [1.29, 1.82) is 0 Å². The normalized spacial score (nSPS) is 11.1. The second-order valence-corrected chi connectivity index (χ2v) is 3.92. The SMILES string of the molecule is CCCCC(N)(CC)CCCC.Cl. The highest BCUT2D eigenvalue weighted by atomic mass is 35.5. The Morgan fingerprint density at radius 3 is 1.54 bits per heavy atom. The zero-order chi connectivity index (χ0) is 9.45. The fourth-order valence-electron chi connectivity index (χ4n) is 1.54. The van der Waals surface area contributed by atoms with Crippen LogP contribution in [0.15, 0.2) is 0 Å². The van der Waals surface area contributed by atoms with Crippen LogP contribution in [-0.4, -0.2) is 5.54 Å². The van der Waals surface area contributed by atoms with E-state index in [1.807, 2.05) is 0 Å². The summed E-state index contributed by atoms with van der Waals surface area (Å²) < 4.78 is 0. The van der Waals surface area contributed by atoms with Crippen LogP contribution in [0.1, 0.15) is 65.7 Å². The van der Waals surface area contributed by atoms with E-state index >= 15 is 0 Å². The fourth-order valence-corrected chi connectivity index (χ4v) is 1.54. The molecule has 0 heterocycles. The van der Waals surface area contributed by atoms with Gasteiger partial charge in [0.1, 0.15) is 0 Å². The zero-order valence-electron chi connectivity index (χ0n) is 9.44. The minimum atomic E-state index is 0. The molecule has 0 aromatic rings. The molecule has 0 aromatic carbocycles. The number of hydrogen-bond donors (Lipinski definition) is 1. The predicted molar refractivity (Wildman–Crippen MR) is 63.5 cm³/mol. The molecule has 0 unspecified atom stereocenters. The molecule has 13 heavy (non-hydrogen) atoms. The summed E-state index contributed by atoms with van der Waals surface area (Å²) in [6.45, 7) is 6.68. The van der Waals surface area contributed by atoms with Crippen LogP contribution in [0.3, 0.4) is 0 Å². The van der Waals surface area contributed by atoms with Crippen molar-refractivity contribution in [2.75, 3.05) is 0 Å². The Hall–Kier alpha value is 0.250. The van der Waals surface area contributed by atoms with Gasteiger partial charge in [0.05, 0.1) is 0 Å². The van der Waals surface area contributed by atoms with Gasteiger partial charge in [-0.15, -0.1) is 12.4 Å². The van der Waals surface area contributed by atoms with Crippen molar-refractivity contribution in [2.24, 2.45) is 5.73 Å². The third-order valence-electron chi connectivity index (χ3n) is 2.76. The average molecular weight is 208 g/mol. The van der Waals surface area contributed by atoms with Gasteiger partial charge in [0.2, 0.25) is 0 Å². The van der Waals surface area contributed by atoms with Crippen molar-refractivity contribution in [3.05, 3.63) is 0 Å². The van der Waals surface area contributed by atoms with E-state index in [1.54, 1.807) is 0 Å². The van der Waals surface area contributed by atoms with Gasteiger partial charge in [-0.25, -0.2) is 0 Å². The summed E-state index contributed by atoms with van der Waals surface area (Å²) in [7, 11) is 0. The molecule has 0 amide bonds. The van der Waals surface area contributed by atoms with Gasteiger partial charge < -0.3 is 5.73 Å². The molecule has 1 nitrogen and oxygen atoms in total. The molecule has 2 N–H and O–H groups in total. The number of rotatable bonds is 7. The molecular weight excluding hydrogens is 182 g/mol. The largest absolute Gasteiger partial charge is 0.325 e. The summed E-state index contributed by atoms with van der Waals surface area (Å²) in [5.41, 5.74) is 6.41. The molecule has 0 bridgehead atoms. The lowest BCUT2D eigenvalue weighted by molar-refractivity contribution is 0.333. The van der Waals surface area contributed by atoms with Crippen molar-refractivity contribution >= 4 is 12.4 Å². The summed E-state index contributed by atoms with van der Waals surface area (Å²) in [5, 5.41) is 0. The number of unbranched alkanes of at least 4 members (excludes halogenated alkanes) is 2. The van der Waals surface area contributed by atoms with Gasteiger partial charge in [0.25, 0.3) is 0 Å². The molecule has 0 radical (unpaired) electrons. The summed E-state index contributed by atoms with van der Waals surface area (Å²) in [6, 6.07) is 0. The first kappa shape index (κ1) is 15.7. The molecule has 0 saturated heterocycles. The van der Waals surface area contributed by atoms with E-state index in [9.17, 15) is 0 Å². The van der Waals surface area contributed by atoms with Crippen LogP contribution >= 0.6 is 12.4 Å². The molecule has 0 aliphatic heterocycles. The van der Waals surface area contributed by atoms with E-state index in [2.05, 4.69) is 20.8 Å². The first-order chi connectivity index (χ1) is 5.68. The van der Waals surface area contributed by atoms with E-state index < -0.39 is 0 Å². The first-order valence-corrected chi connectivity index (χ1v) is 5.47. The Labute approximate surface area is 89.9 Å². The van der Waals surface area contributed by atoms with Crippen molar-refractivity contribution in [3.8, 4) is 0 Å². The predicted octanol–water partition coefficient (Wildman–Crippen LogP) is 3.90. The molecule has 0 aliphatic rings. The Balaban J connectivity index is 0. The number of nitrogens with two attached hydrogens (primary N) is 1. The molecule has 2 heteroatoms. The lowest BCUT2D eigenvalue weighted by atomic mass is 9.86. The Morgan fingerprint density at radius 1 is 0.923 bits per heavy atom. The maximum absolute atomic E-state index is 6.27. The summed E-state index contributed by atoms with van der Waals surface area (Å²) >= 11 is 0. The highest BCUT2D eigenvalue weighted by Gasteiger charge is 2.20. The summed E-state index contributed by atoms with van der Waals surface area (Å²) in [5.74, 6) is 0. The lowest BCUT2D eigenvalue weighted by Crippen LogP contribution is -2.38. The van der Waals surface area contributed by atoms with Gasteiger partial charge in [0, 0.05) is 5.54 Å². The van der Waals surface area contributed by atoms with E-state index in [1.165, 1.54) is 38.5 Å². The van der Waals surface area contributed by atoms with Gasteiger partial charge in [-0.1, -0.05) is 46.5 Å². The first-order valence-electron chi connectivity index (χ1n) is 5.47. The van der Waals surface area contributed by atoms with Gasteiger partial charge in [-0.2, -0.15) is 0 Å². The third kappa shape index (κ3) is 7.33. The van der Waals surface area contributed by atoms with Crippen LogP contribution in [0.25, 0.3) is 0 Å². The second-order valence-electron chi connectivity index (χ2n) is 3.92. The van der Waals surface area contributed by atoms with Crippen LogP contribution in [0.2, 0.25) is 0 Å². The maximum atomic E-state index is 6.27. The molecule has 0 rings (SSSR count). The van der Waals surface area contributed by atoms with Crippen molar-refractivity contribution in [3.63, 3.8) is 0 Å². The maximum Gasteiger partial charge on any atom is 0.0151 e. The Morgan fingerprint density at radius 2 is 1.31 bits per heavy atom. The molecule has 0 fully saturated rings. The Bertz CT molecular complexity index is 96.3. The van der Waals surface area contributed by atoms with Crippen molar-refractivity contribution in [1.82, 2.24) is 0 Å². The summed E-state index contributed by atoms with van der Waals surface area (Å²) in [4.78, 5) is 0. The Kier molecular flexibility index (Phi) is 10.7. The molecular formula is C11H26ClN. The average Bonchev–Trinajstić information content (AvgIpc) is 2.11. The second kappa shape index (κ2) is 8.83. The van der Waals surface area contributed by atoms with Crippen molar-refractivity contribution < 1.29 is 0 Å². The summed E-state index contributed by atoms with van der Waals surface area (Å²) in [6.07, 6.45) is 8.66. The van der Waals surface area contributed by atoms with Crippen LogP contribution < -0.4 is 5.73 Å². The van der Waals surface area contributed by atoms with E-state index in [0.29, 0.717) is 0 Å². The third-order valence-corrected chi connectivity index (χ3v) is 2.76. The minimum Gasteiger partial charge on any atom is -0.325 e. The molecule has 0 spiro atoms. The highest BCUT2D eigenvalue weighted by Crippen LogP contribution is 2.21. The van der Waals surface area contributed by atoms with E-state index in [4.69, 9.17) is 5.73 Å². The van der Waals surface area contributed by atoms with Gasteiger partial charge in [0.15, 0.2) is 0 Å². The standard InChI is InChI=1S/C11H25N.ClH/c1-4-7-9-11(12,6-3)10-8-5-2;/h4-10,12H2,1-3H3;1H. The van der Waals surface area contributed by atoms with E-state index in [-0.39, 0.29) is 17.9 Å². The van der Waals surface area contributed by atoms with E-state index in [0.717, 1.165) is 6.42 Å². The van der Waals surface area contributed by atoms with Gasteiger partial charge in [-0.05, 0) is 19.3 Å². The smallest absolute Gasteiger partial charge is 0.0151 e. The van der Waals surface area contributed by atoms with Gasteiger partial charge in [-0.3, -0.25) is 0 Å². The van der Waals surface area contributed by atoms with Gasteiger partial charge >= 0.3 is 0 Å². The van der Waals surface area contributed by atoms with Crippen LogP contribution in [0, 0.1) is 0 Å². The molecule has 0 saturated carbocycles. The quantitative estimate of drug-likeness (QED) is 0.674. The topological polar surface area (TPSA) is 26.0 Å². The molecule has 82 valence electrons. The van der Waals surface area contributed by atoms with Crippen molar-refractivity contribution in [2.45, 2.75) is 71.3 Å².